The molecule has 4 nitrogen and oxygen atoms in total. The second-order valence-electron chi connectivity index (χ2n) is 14.6. The summed E-state index contributed by atoms with van der Waals surface area (Å²) in [6, 6.07) is 70.4. The molecule has 8 aromatic carbocycles. The maximum absolute atomic E-state index is 9.60. The summed E-state index contributed by atoms with van der Waals surface area (Å²) in [7, 11) is 0. The van der Waals surface area contributed by atoms with Crippen LogP contribution < -0.4 is 0 Å². The monoisotopic (exact) mass is 756 g/mol. The number of aromatic nitrogens is 3. The molecule has 0 bridgehead atoms. The van der Waals surface area contributed by atoms with Gasteiger partial charge in [-0.1, -0.05) is 194 Å². The third-order valence-electron chi connectivity index (χ3n) is 11.5. The number of hydrogen-bond donors (Lipinski definition) is 0. The van der Waals surface area contributed by atoms with Crippen molar-refractivity contribution in [1.29, 1.82) is 5.26 Å². The summed E-state index contributed by atoms with van der Waals surface area (Å²) in [5.74, 6) is 1.91. The van der Waals surface area contributed by atoms with Gasteiger partial charge in [0.15, 0.2) is 17.5 Å². The first kappa shape index (κ1) is 33.9. The summed E-state index contributed by atoms with van der Waals surface area (Å²) < 4.78 is 0. The van der Waals surface area contributed by atoms with E-state index in [2.05, 4.69) is 127 Å². The molecule has 0 unspecified atom stereocenters. The van der Waals surface area contributed by atoms with Crippen LogP contribution in [-0.4, -0.2) is 15.0 Å². The third kappa shape index (κ3) is 5.27. The molecule has 11 rings (SSSR count). The molecule has 0 amide bonds. The summed E-state index contributed by atoms with van der Waals surface area (Å²) in [5.41, 5.74) is 15.1. The maximum atomic E-state index is 9.60. The van der Waals surface area contributed by atoms with Crippen molar-refractivity contribution in [3.63, 3.8) is 0 Å². The molecule has 1 aromatic heterocycles. The molecular weight excluding hydrogens is 725 g/mol. The Balaban J connectivity index is 1.10. The highest BCUT2D eigenvalue weighted by Crippen LogP contribution is 2.64. The van der Waals surface area contributed by atoms with Gasteiger partial charge in [0.1, 0.15) is 0 Å². The third-order valence-corrected chi connectivity index (χ3v) is 12.8. The molecule has 1 spiro atoms. The van der Waals surface area contributed by atoms with Gasteiger partial charge in [0.05, 0.1) is 17.0 Å². The Morgan fingerprint density at radius 1 is 0.345 bits per heavy atom. The van der Waals surface area contributed by atoms with Gasteiger partial charge in [-0.05, 0) is 67.8 Å². The minimum Gasteiger partial charge on any atom is -0.208 e. The Labute approximate surface area is 341 Å². The summed E-state index contributed by atoms with van der Waals surface area (Å²) >= 11 is 1.85. The van der Waals surface area contributed by atoms with Crippen molar-refractivity contribution in [2.45, 2.75) is 15.2 Å². The largest absolute Gasteiger partial charge is 0.208 e. The number of nitriles is 1. The zero-order valence-corrected chi connectivity index (χ0v) is 32.0. The molecule has 1 aliphatic heterocycles. The lowest BCUT2D eigenvalue weighted by molar-refractivity contribution is 0.724. The smallest absolute Gasteiger partial charge is 0.164 e. The van der Waals surface area contributed by atoms with E-state index < -0.39 is 5.41 Å². The van der Waals surface area contributed by atoms with Crippen LogP contribution in [0.4, 0.5) is 0 Å². The molecule has 2 aliphatic rings. The minimum absolute atomic E-state index is 0.534. The molecule has 270 valence electrons. The van der Waals surface area contributed by atoms with Crippen LogP contribution in [0.15, 0.2) is 204 Å². The van der Waals surface area contributed by atoms with E-state index in [0.29, 0.717) is 23.0 Å². The van der Waals surface area contributed by atoms with E-state index in [1.54, 1.807) is 0 Å². The summed E-state index contributed by atoms with van der Waals surface area (Å²) in [4.78, 5) is 17.3. The first-order chi connectivity index (χ1) is 28.7. The highest BCUT2D eigenvalue weighted by molar-refractivity contribution is 7.99. The van der Waals surface area contributed by atoms with Gasteiger partial charge in [-0.3, -0.25) is 0 Å². The van der Waals surface area contributed by atoms with Gasteiger partial charge in [-0.25, -0.2) is 15.0 Å². The zero-order valence-electron chi connectivity index (χ0n) is 31.2. The van der Waals surface area contributed by atoms with Gasteiger partial charge >= 0.3 is 0 Å². The van der Waals surface area contributed by atoms with Gasteiger partial charge in [-0.15, -0.1) is 0 Å². The molecule has 0 radical (unpaired) electrons. The van der Waals surface area contributed by atoms with E-state index in [-0.39, 0.29) is 0 Å². The topological polar surface area (TPSA) is 62.5 Å². The van der Waals surface area contributed by atoms with Crippen molar-refractivity contribution in [2.24, 2.45) is 0 Å². The van der Waals surface area contributed by atoms with Crippen LogP contribution in [0, 0.1) is 11.3 Å². The van der Waals surface area contributed by atoms with Crippen molar-refractivity contribution in [1.82, 2.24) is 15.0 Å². The van der Waals surface area contributed by atoms with Crippen molar-refractivity contribution in [3.05, 3.63) is 222 Å². The molecule has 9 aromatic rings. The second kappa shape index (κ2) is 13.7. The predicted octanol–water partition coefficient (Wildman–Crippen LogP) is 12.9. The average Bonchev–Trinajstić information content (AvgIpc) is 3.60. The van der Waals surface area contributed by atoms with E-state index in [4.69, 9.17) is 15.0 Å². The Morgan fingerprint density at radius 3 is 1.17 bits per heavy atom. The number of nitrogens with zero attached hydrogens (tertiary/aromatic N) is 4. The first-order valence-corrected chi connectivity index (χ1v) is 20.1. The standard InChI is InChI=1S/C53H32N4S/c54-33-34-25-27-35(28-26-34)40-19-11-23-46-48(40)58-49-41(20-12-24-47(49)53(46)44-21-9-7-17-42(44)43-18-8-10-22-45(43)53)36-29-31-39(32-30-36)52-56-50(37-13-3-1-4-14-37)55-51(57-52)38-15-5-2-6-16-38/h1-32H. The van der Waals surface area contributed by atoms with Gasteiger partial charge in [0.25, 0.3) is 0 Å². The SMILES string of the molecule is N#Cc1ccc(-c2cccc3c2Sc2c(-c4ccc(-c5nc(-c6ccccc6)nc(-c6ccccc6)n5)cc4)cccc2C32c3ccccc3-c3ccccc32)cc1. The normalized spacial score (nSPS) is 12.9. The quantitative estimate of drug-likeness (QED) is 0.175. The van der Waals surface area contributed by atoms with E-state index >= 15 is 0 Å². The van der Waals surface area contributed by atoms with E-state index in [1.165, 1.54) is 48.7 Å². The predicted molar refractivity (Wildman–Crippen MR) is 233 cm³/mol. The molecule has 1 aliphatic carbocycles. The van der Waals surface area contributed by atoms with Crippen molar-refractivity contribution >= 4 is 11.8 Å². The lowest BCUT2D eigenvalue weighted by atomic mass is 9.66. The lowest BCUT2D eigenvalue weighted by Gasteiger charge is -2.41. The van der Waals surface area contributed by atoms with Gasteiger partial charge < -0.3 is 0 Å². The number of hydrogen-bond acceptors (Lipinski definition) is 5. The van der Waals surface area contributed by atoms with Crippen molar-refractivity contribution < 1.29 is 0 Å². The fourth-order valence-corrected chi connectivity index (χ4v) is 10.3. The molecule has 5 heteroatoms. The van der Waals surface area contributed by atoms with Crippen LogP contribution >= 0.6 is 11.8 Å². The summed E-state index contributed by atoms with van der Waals surface area (Å²) in [6.45, 7) is 0. The van der Waals surface area contributed by atoms with Crippen LogP contribution in [-0.2, 0) is 5.41 Å². The maximum Gasteiger partial charge on any atom is 0.164 e. The Bertz CT molecular complexity index is 2980. The van der Waals surface area contributed by atoms with Crippen LogP contribution in [0.3, 0.4) is 0 Å². The second-order valence-corrected chi connectivity index (χ2v) is 15.6. The lowest BCUT2D eigenvalue weighted by Crippen LogP contribution is -2.32. The number of fused-ring (bicyclic) bond motifs is 9. The van der Waals surface area contributed by atoms with Gasteiger partial charge in [-0.2, -0.15) is 5.26 Å². The highest BCUT2D eigenvalue weighted by atomic mass is 32.2. The number of benzene rings is 8. The van der Waals surface area contributed by atoms with Crippen LogP contribution in [0.2, 0.25) is 0 Å². The van der Waals surface area contributed by atoms with Crippen LogP contribution in [0.5, 0.6) is 0 Å². The summed E-state index contributed by atoms with van der Waals surface area (Å²) in [5, 5.41) is 9.60. The minimum atomic E-state index is -0.534. The fourth-order valence-electron chi connectivity index (χ4n) is 8.86. The molecule has 2 heterocycles. The molecule has 0 atom stereocenters. The average molecular weight is 757 g/mol. The number of rotatable bonds is 5. The summed E-state index contributed by atoms with van der Waals surface area (Å²) in [6.07, 6.45) is 0. The van der Waals surface area contributed by atoms with Gasteiger partial charge in [0, 0.05) is 26.5 Å². The van der Waals surface area contributed by atoms with Gasteiger partial charge in [0.2, 0.25) is 0 Å². The van der Waals surface area contributed by atoms with Crippen molar-refractivity contribution in [3.8, 4) is 73.6 Å². The van der Waals surface area contributed by atoms with Crippen LogP contribution in [0.1, 0.15) is 27.8 Å². The molecule has 0 fully saturated rings. The molecule has 0 N–H and O–H groups in total. The molecule has 0 saturated carbocycles. The Morgan fingerprint density at radius 2 is 0.707 bits per heavy atom. The fraction of sp³-hybridized carbons (Fsp3) is 0.0189. The van der Waals surface area contributed by atoms with E-state index in [1.807, 2.05) is 84.6 Å². The zero-order chi connectivity index (χ0) is 38.6. The van der Waals surface area contributed by atoms with Crippen LogP contribution in [0.25, 0.3) is 67.5 Å². The van der Waals surface area contributed by atoms with E-state index in [0.717, 1.165) is 33.4 Å². The first-order valence-electron chi connectivity index (χ1n) is 19.3. The Kier molecular flexibility index (Phi) is 7.99. The highest BCUT2D eigenvalue weighted by Gasteiger charge is 2.51. The van der Waals surface area contributed by atoms with E-state index in [9.17, 15) is 5.26 Å². The molecule has 0 saturated heterocycles. The molecular formula is C53H32N4S. The van der Waals surface area contributed by atoms with Crippen molar-refractivity contribution in [2.75, 3.05) is 0 Å². The molecule has 58 heavy (non-hydrogen) atoms. The Hall–Kier alpha value is -7.39.